The van der Waals surface area contributed by atoms with E-state index in [-0.39, 0.29) is 6.04 Å². The molecule has 1 aromatic carbocycles. The first-order valence-electron chi connectivity index (χ1n) is 8.30. The van der Waals surface area contributed by atoms with E-state index in [0.717, 1.165) is 38.0 Å². The van der Waals surface area contributed by atoms with Crippen LogP contribution in [-0.2, 0) is 6.54 Å². The van der Waals surface area contributed by atoms with Gasteiger partial charge >= 0.3 is 7.12 Å². The third-order valence-corrected chi connectivity index (χ3v) is 4.74. The summed E-state index contributed by atoms with van der Waals surface area (Å²) in [5, 5.41) is 19.1. The number of para-hydroxylation sites is 1. The predicted molar refractivity (Wildman–Crippen MR) is 92.7 cm³/mol. The third kappa shape index (κ3) is 4.09. The van der Waals surface area contributed by atoms with Gasteiger partial charge in [0.2, 0.25) is 0 Å². The minimum Gasteiger partial charge on any atom is -0.427 e. The summed E-state index contributed by atoms with van der Waals surface area (Å²) in [7, 11) is -1.20. The Morgan fingerprint density at radius 1 is 1.22 bits per heavy atom. The van der Waals surface area contributed by atoms with Crippen molar-refractivity contribution in [1.82, 2.24) is 9.88 Å². The third-order valence-electron chi connectivity index (χ3n) is 4.74. The maximum Gasteiger partial charge on any atom is 0.451 e. The van der Waals surface area contributed by atoms with Crippen molar-refractivity contribution < 1.29 is 10.0 Å². The molecule has 5 nitrogen and oxygen atoms in total. The van der Waals surface area contributed by atoms with Gasteiger partial charge in [-0.1, -0.05) is 24.6 Å². The zero-order valence-electron chi connectivity index (χ0n) is 13.3. The van der Waals surface area contributed by atoms with Gasteiger partial charge in [-0.05, 0) is 36.4 Å². The molecule has 0 saturated carbocycles. The molecule has 1 fully saturated rings. The van der Waals surface area contributed by atoms with Gasteiger partial charge in [-0.15, -0.1) is 0 Å². The number of benzene rings is 1. The lowest BCUT2D eigenvalue weighted by Crippen LogP contribution is -2.29. The molecule has 0 radical (unpaired) electrons. The highest BCUT2D eigenvalue weighted by Crippen LogP contribution is 2.25. The summed E-state index contributed by atoms with van der Waals surface area (Å²) in [6.45, 7) is 2.75. The monoisotopic (exact) mass is 313 g/mol. The first-order chi connectivity index (χ1) is 11.1. The molecule has 0 unspecified atom stereocenters. The fourth-order valence-electron chi connectivity index (χ4n) is 3.52. The van der Waals surface area contributed by atoms with Crippen LogP contribution in [0.2, 0.25) is 6.32 Å². The smallest absolute Gasteiger partial charge is 0.427 e. The highest BCUT2D eigenvalue weighted by Gasteiger charge is 2.30. The molecule has 2 atom stereocenters. The van der Waals surface area contributed by atoms with Gasteiger partial charge in [0.1, 0.15) is 0 Å². The Bertz CT molecular complexity index is 647. The Balaban J connectivity index is 1.62. The number of nitrogens with zero attached hydrogens (tertiary/aromatic N) is 2. The summed E-state index contributed by atoms with van der Waals surface area (Å²) < 4.78 is 0. The van der Waals surface area contributed by atoms with Crippen LogP contribution in [0.5, 0.6) is 0 Å². The van der Waals surface area contributed by atoms with Gasteiger partial charge in [0.05, 0.1) is 5.52 Å². The van der Waals surface area contributed by atoms with Crippen molar-refractivity contribution in [2.75, 3.05) is 13.1 Å². The fraction of sp³-hybridized carbons (Fsp3) is 0.471. The second-order valence-corrected chi connectivity index (χ2v) is 6.52. The number of hydrogen-bond donors (Lipinski definition) is 3. The van der Waals surface area contributed by atoms with E-state index in [1.807, 2.05) is 24.4 Å². The van der Waals surface area contributed by atoms with E-state index in [0.29, 0.717) is 12.2 Å². The standard InChI is InChI=1S/C17H24BN3O2/c19-16-12-21(11-14(16)4-3-8-18(22)23)10-13-7-9-20-17-6-2-1-5-15(13)17/h1-2,5-7,9,14,16,22-23H,3-4,8,10-12,19H2/t14-,16-/m0/s1. The number of aromatic nitrogens is 1. The molecular weight excluding hydrogens is 289 g/mol. The minimum absolute atomic E-state index is 0.166. The van der Waals surface area contributed by atoms with Crippen molar-refractivity contribution in [3.8, 4) is 0 Å². The van der Waals surface area contributed by atoms with E-state index in [9.17, 15) is 0 Å². The van der Waals surface area contributed by atoms with Crippen LogP contribution in [0.15, 0.2) is 36.5 Å². The Kier molecular flexibility index (Phi) is 5.28. The van der Waals surface area contributed by atoms with Gasteiger partial charge in [-0.2, -0.15) is 0 Å². The van der Waals surface area contributed by atoms with Crippen molar-refractivity contribution in [2.24, 2.45) is 11.7 Å². The molecule has 1 aliphatic rings. The van der Waals surface area contributed by atoms with Crippen molar-refractivity contribution in [3.05, 3.63) is 42.1 Å². The summed E-state index contributed by atoms with van der Waals surface area (Å²) in [5.41, 5.74) is 8.59. The van der Waals surface area contributed by atoms with E-state index in [4.69, 9.17) is 15.8 Å². The number of pyridine rings is 1. The molecule has 2 aromatic rings. The Hall–Kier alpha value is -1.47. The average molecular weight is 313 g/mol. The molecule has 23 heavy (non-hydrogen) atoms. The van der Waals surface area contributed by atoms with E-state index in [1.165, 1.54) is 10.9 Å². The lowest BCUT2D eigenvalue weighted by atomic mass is 9.82. The quantitative estimate of drug-likeness (QED) is 0.699. The normalized spacial score (nSPS) is 21.9. The summed E-state index contributed by atoms with van der Waals surface area (Å²) in [4.78, 5) is 6.81. The summed E-state index contributed by atoms with van der Waals surface area (Å²) in [6, 6.07) is 10.5. The molecule has 0 bridgehead atoms. The summed E-state index contributed by atoms with van der Waals surface area (Å²) in [6.07, 6.45) is 4.06. The van der Waals surface area contributed by atoms with E-state index >= 15 is 0 Å². The molecule has 1 aliphatic heterocycles. The van der Waals surface area contributed by atoms with E-state index in [2.05, 4.69) is 22.0 Å². The van der Waals surface area contributed by atoms with Gasteiger partial charge < -0.3 is 15.8 Å². The second-order valence-electron chi connectivity index (χ2n) is 6.52. The molecule has 0 spiro atoms. The van der Waals surface area contributed by atoms with Gasteiger partial charge in [-0.3, -0.25) is 9.88 Å². The first-order valence-corrected chi connectivity index (χ1v) is 8.30. The molecule has 3 rings (SSSR count). The van der Waals surface area contributed by atoms with Crippen LogP contribution < -0.4 is 5.73 Å². The maximum absolute atomic E-state index is 8.95. The van der Waals surface area contributed by atoms with Crippen LogP contribution in [0.25, 0.3) is 10.9 Å². The van der Waals surface area contributed by atoms with Gasteiger partial charge in [0.15, 0.2) is 0 Å². The van der Waals surface area contributed by atoms with Crippen LogP contribution >= 0.6 is 0 Å². The van der Waals surface area contributed by atoms with Crippen molar-refractivity contribution in [2.45, 2.75) is 31.7 Å². The average Bonchev–Trinajstić information content (AvgIpc) is 2.87. The summed E-state index contributed by atoms with van der Waals surface area (Å²) in [5.74, 6) is 0.432. The maximum atomic E-state index is 8.95. The zero-order chi connectivity index (χ0) is 16.2. The van der Waals surface area contributed by atoms with E-state index < -0.39 is 7.12 Å². The molecule has 1 saturated heterocycles. The Morgan fingerprint density at radius 2 is 2.04 bits per heavy atom. The number of nitrogens with two attached hydrogens (primary N) is 1. The fourth-order valence-corrected chi connectivity index (χ4v) is 3.52. The SMILES string of the molecule is N[C@H]1CN(Cc2ccnc3ccccc23)C[C@@H]1CCCB(O)O. The minimum atomic E-state index is -1.20. The molecule has 0 aliphatic carbocycles. The van der Waals surface area contributed by atoms with Gasteiger partial charge in [0, 0.05) is 37.3 Å². The van der Waals surface area contributed by atoms with Crippen molar-refractivity contribution in [3.63, 3.8) is 0 Å². The molecule has 122 valence electrons. The predicted octanol–water partition coefficient (Wildman–Crippen LogP) is 1.25. The van der Waals surface area contributed by atoms with Gasteiger partial charge in [-0.25, -0.2) is 0 Å². The largest absolute Gasteiger partial charge is 0.451 e. The zero-order valence-corrected chi connectivity index (χ0v) is 13.3. The molecule has 4 N–H and O–H groups in total. The number of fused-ring (bicyclic) bond motifs is 1. The molecular formula is C17H24BN3O2. The molecule has 2 heterocycles. The van der Waals surface area contributed by atoms with Crippen molar-refractivity contribution in [1.29, 1.82) is 0 Å². The number of hydrogen-bond acceptors (Lipinski definition) is 5. The molecule has 1 aromatic heterocycles. The van der Waals surface area contributed by atoms with Gasteiger partial charge in [0.25, 0.3) is 0 Å². The Labute approximate surface area is 137 Å². The second kappa shape index (κ2) is 7.40. The lowest BCUT2D eigenvalue weighted by Gasteiger charge is -2.17. The molecule has 0 amide bonds. The highest BCUT2D eigenvalue weighted by molar-refractivity contribution is 6.40. The van der Waals surface area contributed by atoms with Crippen LogP contribution in [0.4, 0.5) is 0 Å². The van der Waals surface area contributed by atoms with Crippen molar-refractivity contribution >= 4 is 18.0 Å². The van der Waals surface area contributed by atoms with Crippen LogP contribution in [0.3, 0.4) is 0 Å². The van der Waals surface area contributed by atoms with Crippen LogP contribution in [-0.4, -0.2) is 46.2 Å². The number of rotatable bonds is 6. The van der Waals surface area contributed by atoms with Crippen LogP contribution in [0.1, 0.15) is 18.4 Å². The topological polar surface area (TPSA) is 82.6 Å². The molecule has 6 heteroatoms. The number of likely N-dealkylation sites (tertiary alicyclic amines) is 1. The van der Waals surface area contributed by atoms with Crippen LogP contribution in [0, 0.1) is 5.92 Å². The lowest BCUT2D eigenvalue weighted by molar-refractivity contribution is 0.313. The first kappa shape index (κ1) is 16.4. The highest BCUT2D eigenvalue weighted by atomic mass is 16.4. The Morgan fingerprint density at radius 3 is 2.87 bits per heavy atom. The summed E-state index contributed by atoms with van der Waals surface area (Å²) >= 11 is 0. The van der Waals surface area contributed by atoms with E-state index in [1.54, 1.807) is 0 Å².